The van der Waals surface area contributed by atoms with Gasteiger partial charge in [-0.15, -0.1) is 11.3 Å². The molecule has 0 aliphatic rings. The number of nitrogens with zero attached hydrogens (tertiary/aromatic N) is 2. The fourth-order valence-electron chi connectivity index (χ4n) is 1.57. The summed E-state index contributed by atoms with van der Waals surface area (Å²) in [6.45, 7) is 0.168. The number of methoxy groups -OCH3 is 1. The van der Waals surface area contributed by atoms with Gasteiger partial charge in [0.2, 0.25) is 5.88 Å². The molecule has 2 aromatic rings. The Hall–Kier alpha value is -1.28. The first kappa shape index (κ1) is 13.2. The van der Waals surface area contributed by atoms with E-state index in [2.05, 4.69) is 10.3 Å². The molecule has 0 aliphatic carbocycles. The first-order valence-corrected chi connectivity index (χ1v) is 6.15. The minimum absolute atomic E-state index is 0.121. The summed E-state index contributed by atoms with van der Waals surface area (Å²) < 4.78 is 42.9. The molecule has 2 rings (SSSR count). The van der Waals surface area contributed by atoms with E-state index >= 15 is 0 Å². The third-order valence-electron chi connectivity index (χ3n) is 2.40. The molecule has 0 saturated carbocycles. The zero-order valence-electron chi connectivity index (χ0n) is 9.62. The normalized spacial score (nSPS) is 12.2. The molecule has 18 heavy (non-hydrogen) atoms. The lowest BCUT2D eigenvalue weighted by Gasteiger charge is -2.08. The second-order valence-electron chi connectivity index (χ2n) is 3.67. The molecule has 0 radical (unpaired) electrons. The van der Waals surface area contributed by atoms with Crippen molar-refractivity contribution in [3.8, 4) is 5.88 Å². The van der Waals surface area contributed by atoms with Gasteiger partial charge in [-0.05, 0) is 0 Å². The second-order valence-corrected chi connectivity index (χ2v) is 4.54. The predicted octanol–water partition coefficient (Wildman–Crippen LogP) is 2.45. The SMILES string of the molecule is COc1nc2sccn2c1CNCCC(F)(F)F. The van der Waals surface area contributed by atoms with Crippen molar-refractivity contribution in [2.45, 2.75) is 19.1 Å². The van der Waals surface area contributed by atoms with Crippen molar-refractivity contribution in [2.75, 3.05) is 13.7 Å². The number of hydrogen-bond acceptors (Lipinski definition) is 4. The molecule has 0 atom stereocenters. The maximum atomic E-state index is 12.0. The number of thiazole rings is 1. The Balaban J connectivity index is 2.00. The van der Waals surface area contributed by atoms with Crippen molar-refractivity contribution in [1.82, 2.24) is 14.7 Å². The molecule has 100 valence electrons. The van der Waals surface area contributed by atoms with Gasteiger partial charge in [0.15, 0.2) is 4.96 Å². The summed E-state index contributed by atoms with van der Waals surface area (Å²) in [4.78, 5) is 4.98. The summed E-state index contributed by atoms with van der Waals surface area (Å²) in [5.41, 5.74) is 0.732. The van der Waals surface area contributed by atoms with Crippen LogP contribution in [-0.4, -0.2) is 29.2 Å². The van der Waals surface area contributed by atoms with Crippen molar-refractivity contribution >= 4 is 16.3 Å². The summed E-state index contributed by atoms with van der Waals surface area (Å²) in [5, 5.41) is 4.61. The van der Waals surface area contributed by atoms with E-state index in [0.29, 0.717) is 5.88 Å². The van der Waals surface area contributed by atoms with Gasteiger partial charge in [0.1, 0.15) is 5.69 Å². The zero-order valence-corrected chi connectivity index (χ0v) is 10.4. The molecule has 4 nitrogen and oxygen atoms in total. The van der Waals surface area contributed by atoms with Crippen LogP contribution in [0.5, 0.6) is 5.88 Å². The fourth-order valence-corrected chi connectivity index (χ4v) is 2.30. The average molecular weight is 279 g/mol. The third kappa shape index (κ3) is 2.94. The maximum absolute atomic E-state index is 12.0. The van der Waals surface area contributed by atoms with Crippen LogP contribution in [-0.2, 0) is 6.54 Å². The molecule has 8 heteroatoms. The molecule has 2 aromatic heterocycles. The van der Waals surface area contributed by atoms with Gasteiger partial charge in [0.25, 0.3) is 0 Å². The summed E-state index contributed by atoms with van der Waals surface area (Å²) in [6, 6.07) is 0. The highest BCUT2D eigenvalue weighted by Crippen LogP contribution is 2.23. The standard InChI is InChI=1S/C10H12F3N3OS/c1-17-8-7(6-14-3-2-10(11,12)13)16-4-5-18-9(16)15-8/h4-5,14H,2-3,6H2,1H3. The van der Waals surface area contributed by atoms with Crippen LogP contribution >= 0.6 is 11.3 Å². The third-order valence-corrected chi connectivity index (χ3v) is 3.15. The highest BCUT2D eigenvalue weighted by atomic mass is 32.1. The summed E-state index contributed by atoms with van der Waals surface area (Å²) in [5.74, 6) is 0.446. The van der Waals surface area contributed by atoms with Crippen molar-refractivity contribution < 1.29 is 17.9 Å². The van der Waals surface area contributed by atoms with E-state index in [0.717, 1.165) is 10.7 Å². The number of rotatable bonds is 5. The van der Waals surface area contributed by atoms with Crippen LogP contribution in [0.2, 0.25) is 0 Å². The maximum Gasteiger partial charge on any atom is 0.390 e. The van der Waals surface area contributed by atoms with Crippen LogP contribution in [0.4, 0.5) is 13.2 Å². The van der Waals surface area contributed by atoms with Crippen LogP contribution in [0.3, 0.4) is 0 Å². The van der Waals surface area contributed by atoms with E-state index in [-0.39, 0.29) is 13.1 Å². The largest absolute Gasteiger partial charge is 0.480 e. The molecule has 2 heterocycles. The molecule has 0 fully saturated rings. The number of nitrogens with one attached hydrogen (secondary N) is 1. The second kappa shape index (κ2) is 5.15. The Kier molecular flexibility index (Phi) is 3.76. The lowest BCUT2D eigenvalue weighted by atomic mass is 10.4. The van der Waals surface area contributed by atoms with Crippen molar-refractivity contribution in [3.63, 3.8) is 0 Å². The van der Waals surface area contributed by atoms with E-state index in [4.69, 9.17) is 4.74 Å². The van der Waals surface area contributed by atoms with Crippen molar-refractivity contribution in [3.05, 3.63) is 17.3 Å². The minimum atomic E-state index is -4.13. The van der Waals surface area contributed by atoms with Gasteiger partial charge in [-0.1, -0.05) is 0 Å². The van der Waals surface area contributed by atoms with Crippen molar-refractivity contribution in [2.24, 2.45) is 0 Å². The smallest absolute Gasteiger partial charge is 0.390 e. The Labute approximate surface area is 105 Å². The highest BCUT2D eigenvalue weighted by molar-refractivity contribution is 7.15. The van der Waals surface area contributed by atoms with Gasteiger partial charge in [-0.3, -0.25) is 4.40 Å². The minimum Gasteiger partial charge on any atom is -0.480 e. The van der Waals surface area contributed by atoms with Crippen LogP contribution in [0.15, 0.2) is 11.6 Å². The van der Waals surface area contributed by atoms with Gasteiger partial charge in [0.05, 0.1) is 13.5 Å². The van der Waals surface area contributed by atoms with E-state index in [9.17, 15) is 13.2 Å². The van der Waals surface area contributed by atoms with E-state index in [1.165, 1.54) is 18.4 Å². The molecule has 0 saturated heterocycles. The molecule has 0 spiro atoms. The first-order valence-electron chi connectivity index (χ1n) is 5.27. The quantitative estimate of drug-likeness (QED) is 0.854. The van der Waals surface area contributed by atoms with E-state index in [1.54, 1.807) is 0 Å². The van der Waals surface area contributed by atoms with Gasteiger partial charge < -0.3 is 10.1 Å². The van der Waals surface area contributed by atoms with Gasteiger partial charge in [-0.2, -0.15) is 18.2 Å². The number of alkyl halides is 3. The highest BCUT2D eigenvalue weighted by Gasteiger charge is 2.26. The van der Waals surface area contributed by atoms with Crippen LogP contribution < -0.4 is 10.1 Å². The fraction of sp³-hybridized carbons (Fsp3) is 0.500. The summed E-state index contributed by atoms with van der Waals surface area (Å²) >= 11 is 1.45. The predicted molar refractivity (Wildman–Crippen MR) is 62.0 cm³/mol. The average Bonchev–Trinajstić information content (AvgIpc) is 2.83. The molecule has 1 N–H and O–H groups in total. The number of hydrogen-bond donors (Lipinski definition) is 1. The molecule has 0 bridgehead atoms. The van der Waals surface area contributed by atoms with Crippen LogP contribution in [0.25, 0.3) is 4.96 Å². The van der Waals surface area contributed by atoms with E-state index < -0.39 is 12.6 Å². The number of imidazole rings is 1. The van der Waals surface area contributed by atoms with Gasteiger partial charge in [0, 0.05) is 24.7 Å². The molecule has 0 unspecified atom stereocenters. The Morgan fingerprint density at radius 1 is 1.50 bits per heavy atom. The zero-order chi connectivity index (χ0) is 13.2. The van der Waals surface area contributed by atoms with Crippen LogP contribution in [0.1, 0.15) is 12.1 Å². The van der Waals surface area contributed by atoms with Crippen molar-refractivity contribution in [1.29, 1.82) is 0 Å². The number of aromatic nitrogens is 2. The monoisotopic (exact) mass is 279 g/mol. The van der Waals surface area contributed by atoms with Gasteiger partial charge in [-0.25, -0.2) is 0 Å². The molecule has 0 amide bonds. The van der Waals surface area contributed by atoms with Crippen LogP contribution in [0, 0.1) is 0 Å². The topological polar surface area (TPSA) is 38.6 Å². The lowest BCUT2D eigenvalue weighted by molar-refractivity contribution is -0.133. The Bertz CT molecular complexity index is 520. The first-order chi connectivity index (χ1) is 8.51. The lowest BCUT2D eigenvalue weighted by Crippen LogP contribution is -2.22. The summed E-state index contributed by atoms with van der Waals surface area (Å²) in [7, 11) is 1.49. The molecule has 0 aromatic carbocycles. The number of fused-ring (bicyclic) bond motifs is 1. The molecular weight excluding hydrogens is 267 g/mol. The Morgan fingerprint density at radius 3 is 2.94 bits per heavy atom. The Morgan fingerprint density at radius 2 is 2.28 bits per heavy atom. The molecular formula is C10H12F3N3OS. The summed E-state index contributed by atoms with van der Waals surface area (Å²) in [6.07, 6.45) is -3.16. The van der Waals surface area contributed by atoms with Gasteiger partial charge >= 0.3 is 6.18 Å². The number of ether oxygens (including phenoxy) is 1. The molecule has 0 aliphatic heterocycles. The number of halogens is 3. The van der Waals surface area contributed by atoms with E-state index in [1.807, 2.05) is 16.0 Å².